The predicted molar refractivity (Wildman–Crippen MR) is 92.4 cm³/mol. The molecule has 1 heterocycles. The highest BCUT2D eigenvalue weighted by atomic mass is 35.5. The van der Waals surface area contributed by atoms with Gasteiger partial charge in [0.2, 0.25) is 0 Å². The molecule has 1 fully saturated rings. The summed E-state index contributed by atoms with van der Waals surface area (Å²) in [6, 6.07) is 9.36. The summed E-state index contributed by atoms with van der Waals surface area (Å²) >= 11 is 11.9. The molecule has 1 aliphatic heterocycles. The number of amides is 2. The van der Waals surface area contributed by atoms with Crippen LogP contribution >= 0.6 is 23.2 Å². The Bertz CT molecular complexity index is 719. The largest absolute Gasteiger partial charge is 0.508 e. The second-order valence-electron chi connectivity index (χ2n) is 5.67. The van der Waals surface area contributed by atoms with Crippen LogP contribution in [0.3, 0.4) is 0 Å². The number of aromatic hydroxyl groups is 2. The van der Waals surface area contributed by atoms with Crippen molar-refractivity contribution in [3.8, 4) is 11.5 Å². The Kier molecular flexibility index (Phi) is 4.73. The van der Waals surface area contributed by atoms with Crippen LogP contribution in [0.4, 0.5) is 4.79 Å². The fourth-order valence-corrected chi connectivity index (χ4v) is 3.09. The first-order chi connectivity index (χ1) is 11.4. The molecular formula is C17H16Cl2N2O3. The zero-order valence-corrected chi connectivity index (χ0v) is 14.3. The Morgan fingerprint density at radius 2 is 1.25 bits per heavy atom. The Hall–Kier alpha value is -2.11. The molecule has 0 aliphatic carbocycles. The number of benzene rings is 2. The van der Waals surface area contributed by atoms with E-state index < -0.39 is 0 Å². The number of urea groups is 1. The van der Waals surface area contributed by atoms with Gasteiger partial charge < -0.3 is 20.0 Å². The van der Waals surface area contributed by atoms with Crippen LogP contribution in [-0.4, -0.2) is 39.1 Å². The molecule has 1 aliphatic rings. The molecule has 7 heteroatoms. The molecule has 2 aromatic rings. The minimum absolute atomic E-state index is 0.109. The minimum atomic E-state index is -0.159. The van der Waals surface area contributed by atoms with Crippen molar-refractivity contribution in [2.45, 2.75) is 13.1 Å². The van der Waals surface area contributed by atoms with E-state index in [0.717, 1.165) is 0 Å². The maximum absolute atomic E-state index is 12.5. The standard InChI is InChI=1S/C17H16Cl2N2O3/c18-13-1-3-15(22)11(7-13)9-20-5-6-21(17(20)24)10-12-8-14(19)2-4-16(12)23/h1-4,7-8,22-23H,5-6,9-10H2. The van der Waals surface area contributed by atoms with Crippen molar-refractivity contribution in [1.29, 1.82) is 0 Å². The Morgan fingerprint density at radius 1 is 0.833 bits per heavy atom. The monoisotopic (exact) mass is 366 g/mol. The SMILES string of the molecule is O=C1N(Cc2cc(Cl)ccc2O)CCN1Cc1cc(Cl)ccc1O. The molecule has 24 heavy (non-hydrogen) atoms. The topological polar surface area (TPSA) is 64.0 Å². The fraction of sp³-hybridized carbons (Fsp3) is 0.235. The number of rotatable bonds is 4. The van der Waals surface area contributed by atoms with Gasteiger partial charge in [0.05, 0.1) is 13.1 Å². The number of carbonyl (C=O) groups excluding carboxylic acids is 1. The smallest absolute Gasteiger partial charge is 0.320 e. The first kappa shape index (κ1) is 16.7. The molecule has 0 atom stereocenters. The highest BCUT2D eigenvalue weighted by molar-refractivity contribution is 6.31. The van der Waals surface area contributed by atoms with Crippen LogP contribution in [0.15, 0.2) is 36.4 Å². The molecule has 126 valence electrons. The first-order valence-electron chi connectivity index (χ1n) is 7.42. The number of halogens is 2. The molecular weight excluding hydrogens is 351 g/mol. The third-order valence-corrected chi connectivity index (χ3v) is 4.46. The number of nitrogens with zero attached hydrogens (tertiary/aromatic N) is 2. The second-order valence-corrected chi connectivity index (χ2v) is 6.54. The first-order valence-corrected chi connectivity index (χ1v) is 8.18. The summed E-state index contributed by atoms with van der Waals surface area (Å²) in [6.07, 6.45) is 0. The van der Waals surface area contributed by atoms with Gasteiger partial charge in [-0.05, 0) is 36.4 Å². The minimum Gasteiger partial charge on any atom is -0.508 e. The molecule has 0 radical (unpaired) electrons. The van der Waals surface area contributed by atoms with Crippen LogP contribution in [0.1, 0.15) is 11.1 Å². The van der Waals surface area contributed by atoms with Crippen molar-refractivity contribution in [2.75, 3.05) is 13.1 Å². The van der Waals surface area contributed by atoms with Gasteiger partial charge in [0.1, 0.15) is 11.5 Å². The summed E-state index contributed by atoms with van der Waals surface area (Å²) in [6.45, 7) is 1.63. The Labute approximate surface area is 149 Å². The van der Waals surface area contributed by atoms with E-state index >= 15 is 0 Å². The van der Waals surface area contributed by atoms with E-state index in [2.05, 4.69) is 0 Å². The number of hydrogen-bond donors (Lipinski definition) is 2. The van der Waals surface area contributed by atoms with Crippen LogP contribution in [0.2, 0.25) is 10.0 Å². The lowest BCUT2D eigenvalue weighted by Gasteiger charge is -2.19. The lowest BCUT2D eigenvalue weighted by Crippen LogP contribution is -2.31. The number of carbonyl (C=O) groups is 1. The van der Waals surface area contributed by atoms with Crippen molar-refractivity contribution in [2.24, 2.45) is 0 Å². The summed E-state index contributed by atoms with van der Waals surface area (Å²) in [5, 5.41) is 20.8. The fourth-order valence-electron chi connectivity index (χ4n) is 2.70. The third-order valence-electron chi connectivity index (χ3n) is 3.99. The van der Waals surface area contributed by atoms with E-state index in [1.54, 1.807) is 34.1 Å². The van der Waals surface area contributed by atoms with Crippen molar-refractivity contribution in [1.82, 2.24) is 9.80 Å². The van der Waals surface area contributed by atoms with E-state index in [4.69, 9.17) is 23.2 Å². The van der Waals surface area contributed by atoms with Gasteiger partial charge in [0.15, 0.2) is 0 Å². The van der Waals surface area contributed by atoms with Crippen molar-refractivity contribution < 1.29 is 15.0 Å². The highest BCUT2D eigenvalue weighted by Crippen LogP contribution is 2.27. The van der Waals surface area contributed by atoms with Crippen molar-refractivity contribution in [3.05, 3.63) is 57.6 Å². The number of phenolic OH excluding ortho intramolecular Hbond substituents is 2. The lowest BCUT2D eigenvalue weighted by molar-refractivity contribution is 0.188. The normalized spacial score (nSPS) is 14.5. The molecule has 3 rings (SSSR count). The molecule has 0 saturated carbocycles. The molecule has 0 bridgehead atoms. The molecule has 0 aromatic heterocycles. The summed E-state index contributed by atoms with van der Waals surface area (Å²) in [7, 11) is 0. The summed E-state index contributed by atoms with van der Waals surface area (Å²) in [5.41, 5.74) is 1.20. The second kappa shape index (κ2) is 6.79. The van der Waals surface area contributed by atoms with Gasteiger partial charge in [-0.3, -0.25) is 0 Å². The summed E-state index contributed by atoms with van der Waals surface area (Å²) in [4.78, 5) is 15.8. The van der Waals surface area contributed by atoms with E-state index in [9.17, 15) is 15.0 Å². The van der Waals surface area contributed by atoms with Gasteiger partial charge in [-0.2, -0.15) is 0 Å². The predicted octanol–water partition coefficient (Wildman–Crippen LogP) is 3.84. The van der Waals surface area contributed by atoms with Crippen molar-refractivity contribution >= 4 is 29.2 Å². The van der Waals surface area contributed by atoms with E-state index in [-0.39, 0.29) is 30.6 Å². The number of hydrogen-bond acceptors (Lipinski definition) is 3. The molecule has 5 nitrogen and oxygen atoms in total. The van der Waals surface area contributed by atoms with Gasteiger partial charge >= 0.3 is 6.03 Å². The van der Waals surface area contributed by atoms with Crippen molar-refractivity contribution in [3.63, 3.8) is 0 Å². The third kappa shape index (κ3) is 3.52. The van der Waals surface area contributed by atoms with E-state index in [0.29, 0.717) is 34.3 Å². The average molecular weight is 367 g/mol. The quantitative estimate of drug-likeness (QED) is 0.863. The molecule has 0 spiro atoms. The zero-order valence-electron chi connectivity index (χ0n) is 12.7. The Balaban J connectivity index is 1.71. The van der Waals surface area contributed by atoms with Gasteiger partial charge in [0.25, 0.3) is 0 Å². The average Bonchev–Trinajstić information content (AvgIpc) is 2.88. The Morgan fingerprint density at radius 3 is 1.67 bits per heavy atom. The molecule has 0 unspecified atom stereocenters. The maximum atomic E-state index is 12.5. The van der Waals surface area contributed by atoms with Crippen LogP contribution in [-0.2, 0) is 13.1 Å². The molecule has 2 amide bonds. The van der Waals surface area contributed by atoms with E-state index in [1.807, 2.05) is 0 Å². The van der Waals surface area contributed by atoms with Gasteiger partial charge in [-0.25, -0.2) is 4.79 Å². The van der Waals surface area contributed by atoms with Gasteiger partial charge in [-0.1, -0.05) is 23.2 Å². The highest BCUT2D eigenvalue weighted by Gasteiger charge is 2.29. The maximum Gasteiger partial charge on any atom is 0.320 e. The zero-order chi connectivity index (χ0) is 17.3. The van der Waals surface area contributed by atoms with Gasteiger partial charge in [-0.15, -0.1) is 0 Å². The van der Waals surface area contributed by atoms with Gasteiger partial charge in [0, 0.05) is 34.3 Å². The van der Waals surface area contributed by atoms with Crippen LogP contribution in [0.5, 0.6) is 11.5 Å². The number of phenols is 2. The molecule has 1 saturated heterocycles. The molecule has 2 N–H and O–H groups in total. The summed E-state index contributed by atoms with van der Waals surface area (Å²) < 4.78 is 0. The lowest BCUT2D eigenvalue weighted by atomic mass is 10.2. The van der Waals surface area contributed by atoms with Crippen LogP contribution in [0, 0.1) is 0 Å². The van der Waals surface area contributed by atoms with Crippen LogP contribution in [0.25, 0.3) is 0 Å². The van der Waals surface area contributed by atoms with E-state index in [1.165, 1.54) is 12.1 Å². The van der Waals surface area contributed by atoms with Crippen LogP contribution < -0.4 is 0 Å². The molecule has 2 aromatic carbocycles. The summed E-state index contributed by atoms with van der Waals surface area (Å²) in [5.74, 6) is 0.219.